The van der Waals surface area contributed by atoms with Crippen LogP contribution in [0.5, 0.6) is 5.75 Å². The van der Waals surface area contributed by atoms with Crippen molar-refractivity contribution in [1.29, 1.82) is 0 Å². The molecule has 0 aliphatic heterocycles. The molecule has 1 fully saturated rings. The molecular formula is C12H15ClO. The quantitative estimate of drug-likeness (QED) is 0.733. The third-order valence-corrected chi connectivity index (χ3v) is 2.75. The van der Waals surface area contributed by atoms with Crippen LogP contribution in [-0.4, -0.2) is 6.10 Å². The average molecular weight is 211 g/mol. The standard InChI is InChI=1S/C12H15ClO/c1-8(2)11-6-5-10(7-12(11)13)14-9-3-4-9/h5-9H,3-4H2,1-2H3. The minimum Gasteiger partial charge on any atom is -0.490 e. The molecule has 0 atom stereocenters. The van der Waals surface area contributed by atoms with Gasteiger partial charge in [0.25, 0.3) is 0 Å². The van der Waals surface area contributed by atoms with E-state index in [1.807, 2.05) is 12.1 Å². The Labute approximate surface area is 90.0 Å². The van der Waals surface area contributed by atoms with E-state index in [4.69, 9.17) is 16.3 Å². The third-order valence-electron chi connectivity index (χ3n) is 2.42. The van der Waals surface area contributed by atoms with Crippen LogP contribution in [0.1, 0.15) is 38.2 Å². The van der Waals surface area contributed by atoms with Gasteiger partial charge in [-0.25, -0.2) is 0 Å². The van der Waals surface area contributed by atoms with Crippen LogP contribution in [0.2, 0.25) is 5.02 Å². The summed E-state index contributed by atoms with van der Waals surface area (Å²) in [6, 6.07) is 6.00. The zero-order valence-electron chi connectivity index (χ0n) is 8.59. The summed E-state index contributed by atoms with van der Waals surface area (Å²) >= 11 is 6.15. The maximum atomic E-state index is 6.15. The smallest absolute Gasteiger partial charge is 0.121 e. The van der Waals surface area contributed by atoms with E-state index in [1.54, 1.807) is 0 Å². The lowest BCUT2D eigenvalue weighted by molar-refractivity contribution is 0.303. The first-order chi connectivity index (χ1) is 6.66. The minimum atomic E-state index is 0.441. The van der Waals surface area contributed by atoms with Gasteiger partial charge in [0.15, 0.2) is 0 Å². The first-order valence-electron chi connectivity index (χ1n) is 5.13. The Kier molecular flexibility index (Phi) is 2.69. The molecule has 76 valence electrons. The molecule has 1 saturated carbocycles. The van der Waals surface area contributed by atoms with Crippen LogP contribution in [0.3, 0.4) is 0 Å². The lowest BCUT2D eigenvalue weighted by Crippen LogP contribution is -1.97. The van der Waals surface area contributed by atoms with Crippen LogP contribution < -0.4 is 4.74 Å². The number of ether oxygens (including phenoxy) is 1. The summed E-state index contributed by atoms with van der Waals surface area (Å²) < 4.78 is 5.66. The molecule has 0 amide bonds. The highest BCUT2D eigenvalue weighted by molar-refractivity contribution is 6.31. The molecule has 0 saturated heterocycles. The van der Waals surface area contributed by atoms with Crippen molar-refractivity contribution in [3.8, 4) is 5.75 Å². The van der Waals surface area contributed by atoms with Crippen LogP contribution in [0.15, 0.2) is 18.2 Å². The van der Waals surface area contributed by atoms with Gasteiger partial charge in [0.05, 0.1) is 6.10 Å². The normalized spacial score (nSPS) is 16.0. The van der Waals surface area contributed by atoms with Crippen molar-refractivity contribution in [2.45, 2.75) is 38.7 Å². The van der Waals surface area contributed by atoms with Gasteiger partial charge in [-0.15, -0.1) is 0 Å². The van der Waals surface area contributed by atoms with Crippen LogP contribution >= 0.6 is 11.6 Å². The Morgan fingerprint density at radius 1 is 1.36 bits per heavy atom. The molecule has 0 spiro atoms. The summed E-state index contributed by atoms with van der Waals surface area (Å²) in [5, 5.41) is 0.818. The average Bonchev–Trinajstić information content (AvgIpc) is 2.87. The van der Waals surface area contributed by atoms with E-state index in [-0.39, 0.29) is 0 Å². The van der Waals surface area contributed by atoms with Crippen molar-refractivity contribution < 1.29 is 4.74 Å². The predicted molar refractivity (Wildman–Crippen MR) is 59.2 cm³/mol. The highest BCUT2D eigenvalue weighted by Gasteiger charge is 2.23. The van der Waals surface area contributed by atoms with Gasteiger partial charge in [0.2, 0.25) is 0 Å². The summed E-state index contributed by atoms with van der Waals surface area (Å²) in [6.07, 6.45) is 2.81. The number of rotatable bonds is 3. The van der Waals surface area contributed by atoms with E-state index in [1.165, 1.54) is 18.4 Å². The Hall–Kier alpha value is -0.690. The Morgan fingerprint density at radius 2 is 2.07 bits per heavy atom. The summed E-state index contributed by atoms with van der Waals surface area (Å²) in [5.74, 6) is 1.37. The number of halogens is 1. The Bertz CT molecular complexity index is 329. The molecule has 1 aromatic rings. The highest BCUT2D eigenvalue weighted by atomic mass is 35.5. The summed E-state index contributed by atoms with van der Waals surface area (Å²) in [6.45, 7) is 4.28. The van der Waals surface area contributed by atoms with Crippen LogP contribution in [0.4, 0.5) is 0 Å². The molecule has 0 radical (unpaired) electrons. The second-order valence-corrected chi connectivity index (χ2v) is 4.56. The van der Waals surface area contributed by atoms with Crippen molar-refractivity contribution in [1.82, 2.24) is 0 Å². The Morgan fingerprint density at radius 3 is 2.57 bits per heavy atom. The van der Waals surface area contributed by atoms with Gasteiger partial charge < -0.3 is 4.74 Å². The lowest BCUT2D eigenvalue weighted by Gasteiger charge is -2.10. The second kappa shape index (κ2) is 3.82. The summed E-state index contributed by atoms with van der Waals surface area (Å²) in [4.78, 5) is 0. The van der Waals surface area contributed by atoms with Gasteiger partial charge in [0, 0.05) is 5.02 Å². The van der Waals surface area contributed by atoms with Crippen molar-refractivity contribution >= 4 is 11.6 Å². The van der Waals surface area contributed by atoms with Crippen molar-refractivity contribution in [2.24, 2.45) is 0 Å². The van der Waals surface area contributed by atoms with Gasteiger partial charge in [-0.05, 0) is 36.5 Å². The van der Waals surface area contributed by atoms with Gasteiger partial charge in [-0.1, -0.05) is 31.5 Å². The fourth-order valence-electron chi connectivity index (χ4n) is 1.43. The van der Waals surface area contributed by atoms with E-state index in [2.05, 4.69) is 19.9 Å². The summed E-state index contributed by atoms with van der Waals surface area (Å²) in [7, 11) is 0. The molecule has 0 N–H and O–H groups in total. The molecule has 2 heteroatoms. The molecule has 0 aromatic heterocycles. The van der Waals surface area contributed by atoms with Crippen LogP contribution in [0.25, 0.3) is 0 Å². The van der Waals surface area contributed by atoms with Gasteiger partial charge in [-0.2, -0.15) is 0 Å². The first-order valence-corrected chi connectivity index (χ1v) is 5.50. The largest absolute Gasteiger partial charge is 0.490 e. The second-order valence-electron chi connectivity index (χ2n) is 4.16. The van der Waals surface area contributed by atoms with Crippen molar-refractivity contribution in [3.63, 3.8) is 0 Å². The fraction of sp³-hybridized carbons (Fsp3) is 0.500. The van der Waals surface area contributed by atoms with Gasteiger partial charge in [-0.3, -0.25) is 0 Å². The van der Waals surface area contributed by atoms with Crippen molar-refractivity contribution in [3.05, 3.63) is 28.8 Å². The fourth-order valence-corrected chi connectivity index (χ4v) is 1.82. The highest BCUT2D eigenvalue weighted by Crippen LogP contribution is 2.31. The molecule has 0 heterocycles. The molecule has 1 nitrogen and oxygen atoms in total. The van der Waals surface area contributed by atoms with Gasteiger partial charge >= 0.3 is 0 Å². The molecule has 0 bridgehead atoms. The van der Waals surface area contributed by atoms with E-state index in [9.17, 15) is 0 Å². The molecule has 2 rings (SSSR count). The molecule has 0 unspecified atom stereocenters. The van der Waals surface area contributed by atoms with Gasteiger partial charge in [0.1, 0.15) is 5.75 Å². The molecule has 14 heavy (non-hydrogen) atoms. The zero-order chi connectivity index (χ0) is 10.1. The van der Waals surface area contributed by atoms with Crippen LogP contribution in [0, 0.1) is 0 Å². The summed E-state index contributed by atoms with van der Waals surface area (Å²) in [5.41, 5.74) is 1.19. The van der Waals surface area contributed by atoms with E-state index >= 15 is 0 Å². The minimum absolute atomic E-state index is 0.441. The van der Waals surface area contributed by atoms with E-state index in [0.29, 0.717) is 12.0 Å². The zero-order valence-corrected chi connectivity index (χ0v) is 9.34. The molecule has 1 aliphatic carbocycles. The molecule has 1 aliphatic rings. The maximum absolute atomic E-state index is 6.15. The number of hydrogen-bond acceptors (Lipinski definition) is 1. The number of hydrogen-bond donors (Lipinski definition) is 0. The van der Waals surface area contributed by atoms with Crippen molar-refractivity contribution in [2.75, 3.05) is 0 Å². The third kappa shape index (κ3) is 2.21. The Balaban J connectivity index is 2.16. The molecule has 1 aromatic carbocycles. The van der Waals surface area contributed by atoms with E-state index < -0.39 is 0 Å². The monoisotopic (exact) mass is 210 g/mol. The first kappa shape index (κ1) is 9.85. The maximum Gasteiger partial charge on any atom is 0.121 e. The number of benzene rings is 1. The topological polar surface area (TPSA) is 9.23 Å². The lowest BCUT2D eigenvalue weighted by atomic mass is 10.0. The molecular weight excluding hydrogens is 196 g/mol. The SMILES string of the molecule is CC(C)c1ccc(OC2CC2)cc1Cl. The predicted octanol–water partition coefficient (Wildman–Crippen LogP) is 4.00. The van der Waals surface area contributed by atoms with Crippen LogP contribution in [-0.2, 0) is 0 Å². The van der Waals surface area contributed by atoms with E-state index in [0.717, 1.165) is 10.8 Å².